The van der Waals surface area contributed by atoms with Crippen LogP contribution in [0.5, 0.6) is 0 Å². The van der Waals surface area contributed by atoms with Gasteiger partial charge in [0.2, 0.25) is 6.29 Å². The highest BCUT2D eigenvalue weighted by atomic mass is 16.8. The van der Waals surface area contributed by atoms with Crippen molar-refractivity contribution in [2.24, 2.45) is 11.8 Å². The van der Waals surface area contributed by atoms with Gasteiger partial charge in [0.1, 0.15) is 42.2 Å². The molecule has 0 bridgehead atoms. The van der Waals surface area contributed by atoms with Crippen LogP contribution in [0.25, 0.3) is 6.08 Å². The van der Waals surface area contributed by atoms with E-state index in [1.807, 2.05) is 30.3 Å². The first-order valence-electron chi connectivity index (χ1n) is 11.4. The maximum Gasteiger partial charge on any atom is 0.331 e. The van der Waals surface area contributed by atoms with Crippen LogP contribution in [0.4, 0.5) is 0 Å². The Kier molecular flexibility index (Phi) is 6.68. The lowest BCUT2D eigenvalue weighted by Crippen LogP contribution is -2.60. The van der Waals surface area contributed by atoms with E-state index in [1.165, 1.54) is 12.3 Å². The van der Waals surface area contributed by atoms with E-state index in [-0.39, 0.29) is 0 Å². The summed E-state index contributed by atoms with van der Waals surface area (Å²) in [6.07, 6.45) is -3.78. The van der Waals surface area contributed by atoms with Crippen LogP contribution in [0.3, 0.4) is 0 Å². The first-order chi connectivity index (χ1) is 16.9. The molecular weight excluding hydrogens is 464 g/mol. The second-order valence-corrected chi connectivity index (χ2v) is 9.07. The van der Waals surface area contributed by atoms with E-state index < -0.39 is 85.8 Å². The zero-order valence-electron chi connectivity index (χ0n) is 18.6. The molecule has 1 aliphatic carbocycles. The van der Waals surface area contributed by atoms with Gasteiger partial charge in [-0.1, -0.05) is 30.3 Å². The molecular formula is C24H28O11. The van der Waals surface area contributed by atoms with Gasteiger partial charge in [-0.05, 0) is 17.7 Å². The third-order valence-electron chi connectivity index (χ3n) is 7.06. The van der Waals surface area contributed by atoms with Crippen LogP contribution >= 0.6 is 0 Å². The fraction of sp³-hybridized carbons (Fsp3) is 0.542. The standard InChI is InChI=1S/C24H28O11/c25-10-14-17(28)18(29)19(30)23(32-14)34-22-16-13(8-9-31-22)20(21-24(16,11-26)35-21)33-15(27)7-6-12-4-2-1-3-5-12/h1-9,13-14,16-23,25-26,28-30H,10-11H2/b7-6+/t13-,14-,16+,17-,18+,19-,20+,21+,22+,23+,24-/m1/s1. The maximum absolute atomic E-state index is 12.5. The van der Waals surface area contributed by atoms with Gasteiger partial charge in [-0.2, -0.15) is 0 Å². The van der Waals surface area contributed by atoms with E-state index in [0.29, 0.717) is 0 Å². The topological polar surface area (TPSA) is 168 Å². The highest BCUT2D eigenvalue weighted by Gasteiger charge is 2.77. The van der Waals surface area contributed by atoms with E-state index in [2.05, 4.69) is 0 Å². The minimum atomic E-state index is -1.63. The van der Waals surface area contributed by atoms with Gasteiger partial charge >= 0.3 is 5.97 Å². The number of rotatable bonds is 7. The number of hydrogen-bond donors (Lipinski definition) is 5. The number of esters is 1. The van der Waals surface area contributed by atoms with Crippen LogP contribution in [0.15, 0.2) is 48.7 Å². The Morgan fingerprint density at radius 3 is 2.54 bits per heavy atom. The molecule has 11 heteroatoms. The molecule has 0 amide bonds. The van der Waals surface area contributed by atoms with Crippen LogP contribution in [0.2, 0.25) is 0 Å². The second kappa shape index (κ2) is 9.60. The number of carbonyl (C=O) groups excluding carboxylic acids is 1. The molecule has 5 N–H and O–H groups in total. The van der Waals surface area contributed by atoms with E-state index in [0.717, 1.165) is 5.56 Å². The van der Waals surface area contributed by atoms with Gasteiger partial charge in [-0.15, -0.1) is 0 Å². The lowest BCUT2D eigenvalue weighted by molar-refractivity contribution is -0.344. The minimum absolute atomic E-state index is 0.390. The Bertz CT molecular complexity index is 965. The van der Waals surface area contributed by atoms with Crippen LogP contribution in [0, 0.1) is 11.8 Å². The van der Waals surface area contributed by atoms with Gasteiger partial charge in [-0.3, -0.25) is 0 Å². The first kappa shape index (κ1) is 24.3. The summed E-state index contributed by atoms with van der Waals surface area (Å²) in [5.74, 6) is -1.64. The predicted molar refractivity (Wildman–Crippen MR) is 116 cm³/mol. The van der Waals surface area contributed by atoms with E-state index in [4.69, 9.17) is 23.7 Å². The fourth-order valence-electron chi connectivity index (χ4n) is 5.19. The summed E-state index contributed by atoms with van der Waals surface area (Å²) < 4.78 is 28.3. The molecule has 3 aliphatic heterocycles. The Morgan fingerprint density at radius 1 is 1.06 bits per heavy atom. The van der Waals surface area contributed by atoms with Crippen molar-refractivity contribution in [3.63, 3.8) is 0 Å². The van der Waals surface area contributed by atoms with Crippen LogP contribution in [0.1, 0.15) is 5.56 Å². The van der Waals surface area contributed by atoms with Crippen LogP contribution in [-0.4, -0.2) is 99.5 Å². The molecule has 35 heavy (non-hydrogen) atoms. The van der Waals surface area contributed by atoms with Gasteiger partial charge in [-0.25, -0.2) is 4.79 Å². The van der Waals surface area contributed by atoms with Crippen molar-refractivity contribution in [3.05, 3.63) is 54.3 Å². The number of epoxide rings is 1. The van der Waals surface area contributed by atoms with Gasteiger partial charge < -0.3 is 49.2 Å². The molecule has 0 radical (unpaired) electrons. The van der Waals surface area contributed by atoms with Crippen LogP contribution in [-0.2, 0) is 28.5 Å². The monoisotopic (exact) mass is 492 g/mol. The smallest absolute Gasteiger partial charge is 0.331 e. The molecule has 5 rings (SSSR count). The summed E-state index contributed by atoms with van der Waals surface area (Å²) in [6, 6.07) is 9.26. The lowest BCUT2D eigenvalue weighted by Gasteiger charge is -2.43. The highest BCUT2D eigenvalue weighted by molar-refractivity contribution is 5.87. The molecule has 1 aromatic rings. The van der Waals surface area contributed by atoms with E-state index in [9.17, 15) is 30.3 Å². The summed E-state index contributed by atoms with van der Waals surface area (Å²) in [4.78, 5) is 12.5. The van der Waals surface area contributed by atoms with Gasteiger partial charge in [0.15, 0.2) is 6.29 Å². The van der Waals surface area contributed by atoms with Crippen molar-refractivity contribution in [2.75, 3.05) is 13.2 Å². The quantitative estimate of drug-likeness (QED) is 0.174. The molecule has 4 aliphatic rings. The number of hydrogen-bond acceptors (Lipinski definition) is 11. The fourth-order valence-corrected chi connectivity index (χ4v) is 5.19. The van der Waals surface area contributed by atoms with E-state index >= 15 is 0 Å². The molecule has 1 aromatic carbocycles. The highest BCUT2D eigenvalue weighted by Crippen LogP contribution is 2.60. The molecule has 11 nitrogen and oxygen atoms in total. The Labute approximate surface area is 200 Å². The molecule has 0 unspecified atom stereocenters. The molecule has 1 saturated carbocycles. The molecule has 2 saturated heterocycles. The van der Waals surface area contributed by atoms with E-state index in [1.54, 1.807) is 12.2 Å². The zero-order chi connectivity index (χ0) is 24.7. The number of aliphatic hydroxyl groups excluding tert-OH is 5. The summed E-state index contributed by atoms with van der Waals surface area (Å²) in [5.41, 5.74) is -0.262. The van der Waals surface area contributed by atoms with Gasteiger partial charge in [0.05, 0.1) is 25.4 Å². The number of fused-ring (bicyclic) bond motifs is 3. The van der Waals surface area contributed by atoms with Crippen molar-refractivity contribution in [2.45, 2.75) is 54.8 Å². The van der Waals surface area contributed by atoms with Crippen molar-refractivity contribution in [1.29, 1.82) is 0 Å². The summed E-state index contributed by atoms with van der Waals surface area (Å²) >= 11 is 0. The first-order valence-corrected chi connectivity index (χ1v) is 11.4. The Balaban J connectivity index is 1.31. The third kappa shape index (κ3) is 4.28. The van der Waals surface area contributed by atoms with Crippen molar-refractivity contribution < 1.29 is 54.0 Å². The average Bonchev–Trinajstić information content (AvgIpc) is 3.56. The molecule has 0 aromatic heterocycles. The van der Waals surface area contributed by atoms with Crippen LogP contribution < -0.4 is 0 Å². The SMILES string of the molecule is O=C(/C=C/c1ccccc1)O[C@H]1[C@@H]2C=CO[C@@H](O[C@@H]3O[C@H](CO)[C@@H](O)[C@H](O)[C@H]3O)[C@H]2[C@@]2(CO)O[C@@H]12. The van der Waals surface area contributed by atoms with Crippen molar-refractivity contribution >= 4 is 12.0 Å². The normalized spacial score (nSPS) is 43.9. The van der Waals surface area contributed by atoms with Crippen molar-refractivity contribution in [3.8, 4) is 0 Å². The lowest BCUT2D eigenvalue weighted by atomic mass is 9.85. The molecule has 0 spiro atoms. The Hall–Kier alpha value is -2.35. The number of aliphatic hydroxyl groups is 5. The number of carbonyl (C=O) groups is 1. The van der Waals surface area contributed by atoms with Crippen molar-refractivity contribution in [1.82, 2.24) is 0 Å². The van der Waals surface area contributed by atoms with Gasteiger partial charge in [0, 0.05) is 12.0 Å². The zero-order valence-corrected chi connectivity index (χ0v) is 18.6. The number of benzene rings is 1. The van der Waals surface area contributed by atoms with Gasteiger partial charge in [0.25, 0.3) is 0 Å². The minimum Gasteiger partial charge on any atom is -0.472 e. The summed E-state index contributed by atoms with van der Waals surface area (Å²) in [5, 5.41) is 50.0. The maximum atomic E-state index is 12.5. The average molecular weight is 492 g/mol. The largest absolute Gasteiger partial charge is 0.472 e. The molecule has 3 fully saturated rings. The number of ether oxygens (including phenoxy) is 5. The molecule has 190 valence electrons. The summed E-state index contributed by atoms with van der Waals surface area (Å²) in [6.45, 7) is -0.999. The molecule has 11 atom stereocenters. The second-order valence-electron chi connectivity index (χ2n) is 9.07. The Morgan fingerprint density at radius 2 is 1.83 bits per heavy atom. The summed E-state index contributed by atoms with van der Waals surface area (Å²) in [7, 11) is 0. The third-order valence-corrected chi connectivity index (χ3v) is 7.06. The molecule has 3 heterocycles. The predicted octanol–water partition coefficient (Wildman–Crippen LogP) is -1.33.